The number of ether oxygens (including phenoxy) is 2. The van der Waals surface area contributed by atoms with Crippen molar-refractivity contribution in [2.24, 2.45) is 0 Å². The lowest BCUT2D eigenvalue weighted by molar-refractivity contribution is -0.486. The minimum Gasteiger partial charge on any atom is -0.351 e. The summed E-state index contributed by atoms with van der Waals surface area (Å²) in [6.07, 6.45) is 0.0370. The Balaban J connectivity index is 2.20. The highest BCUT2D eigenvalue weighted by atomic mass is 16.7. The van der Waals surface area contributed by atoms with E-state index < -0.39 is 5.79 Å². The van der Waals surface area contributed by atoms with Gasteiger partial charge in [-0.05, 0) is 19.4 Å². The third-order valence-corrected chi connectivity index (χ3v) is 2.61. The average molecular weight is 208 g/mol. The number of hydrogen-bond donors (Lipinski definition) is 1. The molecule has 0 spiro atoms. The van der Waals surface area contributed by atoms with Gasteiger partial charge in [0, 0.05) is 0 Å². The lowest BCUT2D eigenvalue weighted by atomic mass is 10.0. The molecule has 0 aliphatic carbocycles. The number of benzene rings is 1. The minimum absolute atomic E-state index is 0.0370. The Morgan fingerprint density at radius 3 is 2.60 bits per heavy atom. The molecule has 1 fully saturated rings. The first-order valence-electron chi connectivity index (χ1n) is 5.28. The number of hydrogen-bond acceptors (Lipinski definition) is 2. The van der Waals surface area contributed by atoms with Crippen LogP contribution < -0.4 is 5.73 Å². The van der Waals surface area contributed by atoms with Crippen molar-refractivity contribution < 1.29 is 15.2 Å². The van der Waals surface area contributed by atoms with Gasteiger partial charge in [-0.2, -0.15) is 0 Å². The Morgan fingerprint density at radius 2 is 1.93 bits per heavy atom. The summed E-state index contributed by atoms with van der Waals surface area (Å²) in [5.74, 6) is -0.505. The van der Waals surface area contributed by atoms with Gasteiger partial charge >= 0.3 is 0 Å². The predicted molar refractivity (Wildman–Crippen MR) is 57.0 cm³/mol. The highest BCUT2D eigenvalue weighted by Crippen LogP contribution is 2.30. The molecule has 1 aliphatic heterocycles. The summed E-state index contributed by atoms with van der Waals surface area (Å²) in [4.78, 5) is 0. The lowest BCUT2D eigenvalue weighted by Gasteiger charge is -2.38. The van der Waals surface area contributed by atoms with Crippen LogP contribution >= 0.6 is 0 Å². The molecule has 0 saturated carbocycles. The molecule has 0 aromatic heterocycles. The highest BCUT2D eigenvalue weighted by molar-refractivity contribution is 5.19. The van der Waals surface area contributed by atoms with Crippen molar-refractivity contribution in [3.8, 4) is 0 Å². The van der Waals surface area contributed by atoms with Crippen LogP contribution in [0.2, 0.25) is 0 Å². The second-order valence-electron chi connectivity index (χ2n) is 4.42. The zero-order chi connectivity index (χ0) is 10.9. The molecule has 2 rings (SSSR count). The van der Waals surface area contributed by atoms with Gasteiger partial charge in [0.2, 0.25) is 0 Å². The van der Waals surface area contributed by atoms with Gasteiger partial charge < -0.3 is 15.2 Å². The maximum Gasteiger partial charge on any atom is 0.164 e. The monoisotopic (exact) mass is 208 g/mol. The summed E-state index contributed by atoms with van der Waals surface area (Å²) in [5.41, 5.74) is 5.25. The molecule has 1 aromatic rings. The van der Waals surface area contributed by atoms with Gasteiger partial charge in [-0.15, -0.1) is 0 Å². The Labute approximate surface area is 90.2 Å². The van der Waals surface area contributed by atoms with Crippen LogP contribution in [0.3, 0.4) is 0 Å². The van der Waals surface area contributed by atoms with E-state index in [4.69, 9.17) is 9.47 Å². The maximum absolute atomic E-state index is 5.89. The first kappa shape index (κ1) is 10.6. The van der Waals surface area contributed by atoms with Crippen LogP contribution in [0.4, 0.5) is 0 Å². The van der Waals surface area contributed by atoms with Crippen LogP contribution in [0.1, 0.15) is 25.5 Å². The molecule has 82 valence electrons. The van der Waals surface area contributed by atoms with E-state index in [0.717, 1.165) is 0 Å². The van der Waals surface area contributed by atoms with Crippen molar-refractivity contribution >= 4 is 0 Å². The van der Waals surface area contributed by atoms with Crippen LogP contribution in [0.5, 0.6) is 0 Å². The summed E-state index contributed by atoms with van der Waals surface area (Å²) < 4.78 is 11.4. The summed E-state index contributed by atoms with van der Waals surface area (Å²) in [6.45, 7) is 4.52. The molecular formula is C12H18NO2+. The van der Waals surface area contributed by atoms with Crippen LogP contribution in [0.25, 0.3) is 0 Å². The van der Waals surface area contributed by atoms with Gasteiger partial charge in [0.1, 0.15) is 18.8 Å². The molecular weight excluding hydrogens is 190 g/mol. The molecule has 1 aliphatic rings. The maximum atomic E-state index is 5.89. The second-order valence-corrected chi connectivity index (χ2v) is 4.42. The first-order valence-corrected chi connectivity index (χ1v) is 5.28. The predicted octanol–water partition coefficient (Wildman–Crippen LogP) is 1.12. The van der Waals surface area contributed by atoms with Crippen molar-refractivity contribution in [3.63, 3.8) is 0 Å². The van der Waals surface area contributed by atoms with E-state index in [1.807, 2.05) is 32.0 Å². The Morgan fingerprint density at radius 1 is 1.27 bits per heavy atom. The second kappa shape index (κ2) is 3.93. The summed E-state index contributed by atoms with van der Waals surface area (Å²) in [5, 5.41) is 0. The van der Waals surface area contributed by atoms with E-state index >= 15 is 0 Å². The van der Waals surface area contributed by atoms with Gasteiger partial charge in [0.15, 0.2) is 5.79 Å². The van der Waals surface area contributed by atoms with E-state index in [1.165, 1.54) is 5.56 Å². The van der Waals surface area contributed by atoms with Gasteiger partial charge in [0.25, 0.3) is 0 Å². The molecule has 3 nitrogen and oxygen atoms in total. The fourth-order valence-electron chi connectivity index (χ4n) is 1.81. The van der Waals surface area contributed by atoms with Crippen molar-refractivity contribution in [1.82, 2.24) is 0 Å². The lowest BCUT2D eigenvalue weighted by Crippen LogP contribution is -2.69. The van der Waals surface area contributed by atoms with Crippen LogP contribution in [0.15, 0.2) is 30.3 Å². The third-order valence-electron chi connectivity index (χ3n) is 2.61. The molecule has 2 atom stereocenters. The zero-order valence-corrected chi connectivity index (χ0v) is 9.27. The normalized spacial score (nSPS) is 30.1. The highest BCUT2D eigenvalue weighted by Gasteiger charge is 2.37. The Hall–Kier alpha value is -0.900. The van der Waals surface area contributed by atoms with Crippen LogP contribution in [-0.4, -0.2) is 18.4 Å². The molecule has 1 saturated heterocycles. The van der Waals surface area contributed by atoms with Crippen molar-refractivity contribution in [2.75, 3.05) is 6.61 Å². The van der Waals surface area contributed by atoms with E-state index in [0.29, 0.717) is 6.61 Å². The molecule has 1 heterocycles. The summed E-state index contributed by atoms with van der Waals surface area (Å²) >= 11 is 0. The number of rotatable bonds is 1. The fourth-order valence-corrected chi connectivity index (χ4v) is 1.81. The SMILES string of the molecule is CC1(C)OC[C@H]([NH3+])[C@H](c2ccccc2)O1. The van der Waals surface area contributed by atoms with Crippen molar-refractivity contribution in [1.29, 1.82) is 0 Å². The topological polar surface area (TPSA) is 46.1 Å². The van der Waals surface area contributed by atoms with Gasteiger partial charge in [-0.3, -0.25) is 0 Å². The van der Waals surface area contributed by atoms with E-state index in [9.17, 15) is 0 Å². The van der Waals surface area contributed by atoms with Gasteiger partial charge in [-0.25, -0.2) is 0 Å². The van der Waals surface area contributed by atoms with E-state index in [1.54, 1.807) is 0 Å². The smallest absolute Gasteiger partial charge is 0.164 e. The third kappa shape index (κ3) is 2.37. The molecule has 3 N–H and O–H groups in total. The van der Waals surface area contributed by atoms with E-state index in [-0.39, 0.29) is 12.1 Å². The molecule has 0 bridgehead atoms. The zero-order valence-electron chi connectivity index (χ0n) is 9.27. The molecule has 0 amide bonds. The molecule has 3 heteroatoms. The molecule has 15 heavy (non-hydrogen) atoms. The summed E-state index contributed by atoms with van der Waals surface area (Å²) in [6, 6.07) is 10.3. The van der Waals surface area contributed by atoms with E-state index in [2.05, 4.69) is 17.9 Å². The van der Waals surface area contributed by atoms with Crippen molar-refractivity contribution in [3.05, 3.63) is 35.9 Å². The Bertz CT molecular complexity index is 324. The molecule has 0 radical (unpaired) electrons. The molecule has 0 unspecified atom stereocenters. The average Bonchev–Trinajstić information content (AvgIpc) is 2.23. The van der Waals surface area contributed by atoms with Crippen molar-refractivity contribution in [2.45, 2.75) is 31.8 Å². The molecule has 1 aromatic carbocycles. The largest absolute Gasteiger partial charge is 0.351 e. The fraction of sp³-hybridized carbons (Fsp3) is 0.500. The van der Waals surface area contributed by atoms with Gasteiger partial charge in [-0.1, -0.05) is 30.3 Å². The van der Waals surface area contributed by atoms with Gasteiger partial charge in [0.05, 0.1) is 0 Å². The Kier molecular flexibility index (Phi) is 2.78. The standard InChI is InChI=1S/C12H17NO2/c1-12(2)14-8-10(13)11(15-12)9-6-4-3-5-7-9/h3-7,10-11H,8,13H2,1-2H3/p+1/t10-,11-/m0/s1. The van der Waals surface area contributed by atoms with Crippen LogP contribution in [0, 0.1) is 0 Å². The quantitative estimate of drug-likeness (QED) is 0.751. The minimum atomic E-state index is -0.505. The number of quaternary nitrogens is 1. The first-order chi connectivity index (χ1) is 7.08. The summed E-state index contributed by atoms with van der Waals surface area (Å²) in [7, 11) is 0. The van der Waals surface area contributed by atoms with Crippen LogP contribution in [-0.2, 0) is 9.47 Å².